The molecular formula is C31H33N3O4S. The summed E-state index contributed by atoms with van der Waals surface area (Å²) in [5, 5.41) is 7.64. The van der Waals surface area contributed by atoms with Crippen molar-refractivity contribution < 1.29 is 19.0 Å². The van der Waals surface area contributed by atoms with Crippen molar-refractivity contribution in [3.63, 3.8) is 0 Å². The number of thioether (sulfide) groups is 1. The van der Waals surface area contributed by atoms with Crippen molar-refractivity contribution >= 4 is 34.3 Å². The Kier molecular flexibility index (Phi) is 8.12. The highest BCUT2D eigenvalue weighted by atomic mass is 32.2. The third-order valence-corrected chi connectivity index (χ3v) is 7.98. The Bertz CT molecular complexity index is 1500. The summed E-state index contributed by atoms with van der Waals surface area (Å²) in [6, 6.07) is 21.6. The van der Waals surface area contributed by atoms with Gasteiger partial charge in [-0.3, -0.25) is 4.79 Å². The molecule has 1 amide bonds. The minimum Gasteiger partial charge on any atom is -0.497 e. The van der Waals surface area contributed by atoms with Crippen molar-refractivity contribution in [2.24, 2.45) is 5.10 Å². The third-order valence-electron chi connectivity index (χ3n) is 6.95. The molecule has 0 saturated heterocycles. The Labute approximate surface area is 233 Å². The van der Waals surface area contributed by atoms with Crippen molar-refractivity contribution in [1.82, 2.24) is 9.58 Å². The fourth-order valence-electron chi connectivity index (χ4n) is 5.07. The van der Waals surface area contributed by atoms with Crippen LogP contribution in [0.1, 0.15) is 36.9 Å². The highest BCUT2D eigenvalue weighted by Crippen LogP contribution is 2.42. The van der Waals surface area contributed by atoms with Crippen molar-refractivity contribution in [1.29, 1.82) is 0 Å². The van der Waals surface area contributed by atoms with Gasteiger partial charge in [-0.25, -0.2) is 5.01 Å². The molecule has 8 heteroatoms. The van der Waals surface area contributed by atoms with Gasteiger partial charge in [-0.15, -0.1) is 11.8 Å². The molecule has 0 saturated carbocycles. The van der Waals surface area contributed by atoms with Gasteiger partial charge in [0.2, 0.25) is 0 Å². The molecule has 7 nitrogen and oxygen atoms in total. The van der Waals surface area contributed by atoms with E-state index in [0.29, 0.717) is 17.9 Å². The Balaban J connectivity index is 1.46. The number of carbonyl (C=O) groups is 1. The number of rotatable bonds is 10. The molecule has 2 heterocycles. The van der Waals surface area contributed by atoms with Gasteiger partial charge >= 0.3 is 0 Å². The van der Waals surface area contributed by atoms with Gasteiger partial charge in [0.15, 0.2) is 11.5 Å². The van der Waals surface area contributed by atoms with Crippen LogP contribution in [0.2, 0.25) is 0 Å². The van der Waals surface area contributed by atoms with Crippen LogP contribution >= 0.6 is 11.8 Å². The molecule has 39 heavy (non-hydrogen) atoms. The van der Waals surface area contributed by atoms with Crippen LogP contribution in [0.4, 0.5) is 0 Å². The number of carbonyl (C=O) groups excluding carboxylic acids is 1. The monoisotopic (exact) mass is 543 g/mol. The number of methoxy groups -OCH3 is 3. The van der Waals surface area contributed by atoms with E-state index in [1.165, 1.54) is 10.9 Å². The van der Waals surface area contributed by atoms with Gasteiger partial charge in [-0.2, -0.15) is 5.10 Å². The number of hydrazone groups is 1. The first-order valence-electron chi connectivity index (χ1n) is 13.0. The molecule has 1 aliphatic rings. The number of para-hydroxylation sites is 2. The fourth-order valence-corrected chi connectivity index (χ4v) is 6.02. The predicted octanol–water partition coefficient (Wildman–Crippen LogP) is 6.55. The summed E-state index contributed by atoms with van der Waals surface area (Å²) in [5.74, 6) is 2.21. The summed E-state index contributed by atoms with van der Waals surface area (Å²) in [7, 11) is 4.88. The Morgan fingerprint density at radius 3 is 2.49 bits per heavy atom. The highest BCUT2D eigenvalue weighted by molar-refractivity contribution is 8.00. The van der Waals surface area contributed by atoms with E-state index in [1.54, 1.807) is 38.1 Å². The van der Waals surface area contributed by atoms with E-state index in [-0.39, 0.29) is 17.7 Å². The number of aryl methyl sites for hydroxylation is 1. The molecule has 0 radical (unpaired) electrons. The molecule has 3 aromatic carbocycles. The smallest absolute Gasteiger partial charge is 0.253 e. The minimum absolute atomic E-state index is 0.0642. The number of hydrogen-bond donors (Lipinski definition) is 0. The van der Waals surface area contributed by atoms with Crippen molar-refractivity contribution in [2.75, 3.05) is 27.1 Å². The maximum absolute atomic E-state index is 13.8. The number of amides is 1. The van der Waals surface area contributed by atoms with Gasteiger partial charge < -0.3 is 18.8 Å². The van der Waals surface area contributed by atoms with Gasteiger partial charge in [0, 0.05) is 40.5 Å². The maximum Gasteiger partial charge on any atom is 0.253 e. The molecule has 4 aromatic rings. The summed E-state index contributed by atoms with van der Waals surface area (Å²) in [6.07, 6.45) is 3.76. The molecule has 0 aliphatic carbocycles. The molecule has 0 bridgehead atoms. The fraction of sp³-hybridized carbons (Fsp3) is 0.290. The number of nitrogens with zero attached hydrogens (tertiary/aromatic N) is 3. The predicted molar refractivity (Wildman–Crippen MR) is 156 cm³/mol. The van der Waals surface area contributed by atoms with Crippen molar-refractivity contribution in [2.45, 2.75) is 37.2 Å². The molecule has 0 spiro atoms. The zero-order valence-corrected chi connectivity index (χ0v) is 23.5. The van der Waals surface area contributed by atoms with Crippen LogP contribution in [0.3, 0.4) is 0 Å². The molecule has 202 valence electrons. The highest BCUT2D eigenvalue weighted by Gasteiger charge is 2.35. The summed E-state index contributed by atoms with van der Waals surface area (Å²) in [4.78, 5) is 14.9. The largest absolute Gasteiger partial charge is 0.497 e. The van der Waals surface area contributed by atoms with E-state index in [9.17, 15) is 4.79 Å². The quantitative estimate of drug-likeness (QED) is 0.212. The second-order valence-electron chi connectivity index (χ2n) is 9.31. The SMILES string of the molecule is CCCn1cc(SCC(=O)N2N=C(c3ccc(OC)cc3)C[C@@H]2c2cccc(OC)c2OC)c2ccccc21. The van der Waals surface area contributed by atoms with Gasteiger partial charge in [0.1, 0.15) is 5.75 Å². The zero-order valence-electron chi connectivity index (χ0n) is 22.7. The lowest BCUT2D eigenvalue weighted by molar-refractivity contribution is -0.130. The second kappa shape index (κ2) is 11.9. The molecule has 1 atom stereocenters. The number of fused-ring (bicyclic) bond motifs is 1. The van der Waals surface area contributed by atoms with E-state index in [2.05, 4.69) is 35.9 Å². The van der Waals surface area contributed by atoms with E-state index < -0.39 is 0 Å². The summed E-state index contributed by atoms with van der Waals surface area (Å²) < 4.78 is 18.9. The minimum atomic E-state index is -0.318. The molecule has 0 unspecified atom stereocenters. The molecule has 1 aliphatic heterocycles. The molecular weight excluding hydrogens is 510 g/mol. The van der Waals surface area contributed by atoms with Gasteiger partial charge in [-0.1, -0.05) is 37.3 Å². The number of benzene rings is 3. The van der Waals surface area contributed by atoms with Crippen LogP contribution in [0.15, 0.2) is 82.9 Å². The third kappa shape index (κ3) is 5.34. The van der Waals surface area contributed by atoms with Crippen molar-refractivity contribution in [3.8, 4) is 17.2 Å². The van der Waals surface area contributed by atoms with Crippen LogP contribution < -0.4 is 14.2 Å². The van der Waals surface area contributed by atoms with Gasteiger partial charge in [0.05, 0.1) is 38.8 Å². The zero-order chi connectivity index (χ0) is 27.4. The summed E-state index contributed by atoms with van der Waals surface area (Å²) in [6.45, 7) is 3.11. The lowest BCUT2D eigenvalue weighted by Crippen LogP contribution is -2.28. The summed E-state index contributed by atoms with van der Waals surface area (Å²) in [5.41, 5.74) is 3.84. The van der Waals surface area contributed by atoms with Crippen LogP contribution in [0, 0.1) is 0 Å². The standard InChI is InChI=1S/C31H33N3O4S/c1-5-17-33-19-29(23-9-6-7-11-26(23)33)39-20-30(35)34-27(24-10-8-12-28(37-3)31(24)38-4)18-25(32-34)21-13-15-22(36-2)16-14-21/h6-16,19,27H,5,17-18,20H2,1-4H3/t27-/m1/s1. The van der Waals surface area contributed by atoms with E-state index in [1.807, 2.05) is 48.5 Å². The van der Waals surface area contributed by atoms with Crippen molar-refractivity contribution in [3.05, 3.63) is 84.1 Å². The van der Waals surface area contributed by atoms with Gasteiger partial charge in [-0.05, 0) is 48.4 Å². The Morgan fingerprint density at radius 2 is 1.77 bits per heavy atom. The summed E-state index contributed by atoms with van der Waals surface area (Å²) >= 11 is 1.55. The second-order valence-corrected chi connectivity index (χ2v) is 10.3. The number of hydrogen-bond acceptors (Lipinski definition) is 6. The topological polar surface area (TPSA) is 65.3 Å². The lowest BCUT2D eigenvalue weighted by Gasteiger charge is -2.24. The molecule has 1 aromatic heterocycles. The average Bonchev–Trinajstić information content (AvgIpc) is 3.58. The first kappa shape index (κ1) is 26.7. The van der Waals surface area contributed by atoms with E-state index in [4.69, 9.17) is 19.3 Å². The van der Waals surface area contributed by atoms with E-state index >= 15 is 0 Å². The maximum atomic E-state index is 13.8. The van der Waals surface area contributed by atoms with Gasteiger partial charge in [0.25, 0.3) is 5.91 Å². The van der Waals surface area contributed by atoms with Crippen LogP contribution in [0.25, 0.3) is 10.9 Å². The lowest BCUT2D eigenvalue weighted by atomic mass is 9.97. The molecule has 0 N–H and O–H groups in total. The van der Waals surface area contributed by atoms with E-state index in [0.717, 1.165) is 40.4 Å². The number of aromatic nitrogens is 1. The Morgan fingerprint density at radius 1 is 0.974 bits per heavy atom. The average molecular weight is 544 g/mol. The normalized spacial score (nSPS) is 14.9. The number of ether oxygens (including phenoxy) is 3. The molecule has 0 fully saturated rings. The van der Waals surface area contributed by atoms with Crippen LogP contribution in [-0.2, 0) is 11.3 Å². The first-order chi connectivity index (χ1) is 19.1. The molecule has 5 rings (SSSR count). The first-order valence-corrected chi connectivity index (χ1v) is 14.0. The van der Waals surface area contributed by atoms with Crippen LogP contribution in [0.5, 0.6) is 17.2 Å². The Hall–Kier alpha value is -3.91. The van der Waals surface area contributed by atoms with Crippen LogP contribution in [-0.4, -0.2) is 48.3 Å².